The quantitative estimate of drug-likeness (QED) is 0.0452. The van der Waals surface area contributed by atoms with E-state index < -0.39 is 0 Å². The van der Waals surface area contributed by atoms with Crippen LogP contribution in [0.25, 0.3) is 0 Å². The van der Waals surface area contributed by atoms with Crippen LogP contribution < -0.4 is 28.3 Å². The zero-order valence-electron chi connectivity index (χ0n) is 37.3. The molecule has 4 saturated carbocycles. The molecule has 9 N–H and O–H groups in total. The highest BCUT2D eigenvalue weighted by atomic mass is 16.5. The highest BCUT2D eigenvalue weighted by Gasteiger charge is 2.66. The zero-order chi connectivity index (χ0) is 40.2. The number of nitrogens with one attached hydrogen (secondary N) is 1. The van der Waals surface area contributed by atoms with E-state index in [1.54, 1.807) is 0 Å². The van der Waals surface area contributed by atoms with E-state index in [9.17, 15) is 0 Å². The number of rotatable bonds is 31. The van der Waals surface area contributed by atoms with Crippen molar-refractivity contribution in [3.63, 3.8) is 0 Å². The Balaban J connectivity index is 1.47. The Kier molecular flexibility index (Phi) is 22.5. The molecule has 9 nitrogen and oxygen atoms in total. The summed E-state index contributed by atoms with van der Waals surface area (Å²) < 4.78 is 20.6. The summed E-state index contributed by atoms with van der Waals surface area (Å²) in [6, 6.07) is 0. The second kappa shape index (κ2) is 26.1. The average molecular weight is 791 g/mol. The maximum Gasteiger partial charge on any atom is 0.0637 e. The van der Waals surface area contributed by atoms with Gasteiger partial charge in [-0.05, 0) is 196 Å². The molecule has 11 atom stereocenters. The Hall–Kier alpha value is -0.360. The summed E-state index contributed by atoms with van der Waals surface area (Å²) in [7, 11) is 0. The SMILES string of the molecule is CCCCCCCCN(CCCNCCCN)CCC[C@@H](C)[C@H]1CC[C@H]2C3[C@H](OCCCN)CC4C[C@H](OCCCN)CC[C@]4(C)[C@H]3C[C@H](OCCCN)[C@]12C. The fourth-order valence-corrected chi connectivity index (χ4v) is 12.7. The molecule has 0 spiro atoms. The van der Waals surface area contributed by atoms with Gasteiger partial charge in [-0.1, -0.05) is 59.8 Å². The molecule has 4 fully saturated rings. The van der Waals surface area contributed by atoms with E-state index in [1.807, 2.05) is 0 Å². The molecule has 0 saturated heterocycles. The van der Waals surface area contributed by atoms with Gasteiger partial charge in [0.05, 0.1) is 18.3 Å². The normalized spacial score (nSPS) is 33.4. The fraction of sp³-hybridized carbons (Fsp3) is 1.00. The van der Waals surface area contributed by atoms with Crippen molar-refractivity contribution in [1.29, 1.82) is 0 Å². The first kappa shape index (κ1) is 48.3. The average Bonchev–Trinajstić information content (AvgIpc) is 3.56. The van der Waals surface area contributed by atoms with E-state index in [0.29, 0.717) is 72.8 Å². The van der Waals surface area contributed by atoms with E-state index in [4.69, 9.17) is 37.1 Å². The first-order chi connectivity index (χ1) is 27.3. The van der Waals surface area contributed by atoms with Crippen LogP contribution >= 0.6 is 0 Å². The van der Waals surface area contributed by atoms with Crippen LogP contribution in [0.4, 0.5) is 0 Å². The van der Waals surface area contributed by atoms with Gasteiger partial charge in [0, 0.05) is 25.2 Å². The van der Waals surface area contributed by atoms with Gasteiger partial charge < -0.3 is 47.4 Å². The number of hydrogen-bond donors (Lipinski definition) is 5. The summed E-state index contributed by atoms with van der Waals surface area (Å²) >= 11 is 0. The fourth-order valence-electron chi connectivity index (χ4n) is 12.7. The minimum absolute atomic E-state index is 0.157. The monoisotopic (exact) mass is 791 g/mol. The molecular weight excluding hydrogens is 697 g/mol. The first-order valence-electron chi connectivity index (χ1n) is 24.4. The maximum atomic E-state index is 7.12. The van der Waals surface area contributed by atoms with Gasteiger partial charge in [0.15, 0.2) is 0 Å². The maximum absolute atomic E-state index is 7.12. The molecule has 0 aromatic carbocycles. The topological polar surface area (TPSA) is 147 Å². The lowest BCUT2D eigenvalue weighted by Crippen LogP contribution is -2.63. The molecule has 2 unspecified atom stereocenters. The molecule has 4 aliphatic rings. The van der Waals surface area contributed by atoms with Crippen LogP contribution in [0.1, 0.15) is 156 Å². The summed E-state index contributed by atoms with van der Waals surface area (Å²) in [5.74, 6) is 3.81. The number of unbranched alkanes of at least 4 members (excludes halogenated alkanes) is 5. The lowest BCUT2D eigenvalue weighted by atomic mass is 9.43. The van der Waals surface area contributed by atoms with Crippen LogP contribution in [0.2, 0.25) is 0 Å². The predicted octanol–water partition coefficient (Wildman–Crippen LogP) is 7.47. The standard InChI is InChI=1S/C47H94N6O3/c1-5-6-7-8-9-10-28-53(30-16-27-52-26-12-22-48)29-11-17-37(2)40-18-19-41-45-42(36-44(47(40,41)4)56-33-15-25-51)46(3)21-20-39(54-31-13-23-49)34-38(46)35-43(45)55-32-14-24-50/h37-45,52H,5-36,48-51H2,1-4H3/t37-,38?,39-,40-,41+,42+,43-,44+,45?,46+,47-/m1/s1. The van der Waals surface area contributed by atoms with Gasteiger partial charge in [-0.25, -0.2) is 0 Å². The van der Waals surface area contributed by atoms with Gasteiger partial charge >= 0.3 is 0 Å². The molecule has 0 radical (unpaired) electrons. The van der Waals surface area contributed by atoms with Crippen LogP contribution in [-0.2, 0) is 14.2 Å². The molecule has 0 amide bonds. The Morgan fingerprint density at radius 2 is 1.30 bits per heavy atom. The lowest BCUT2D eigenvalue weighted by molar-refractivity contribution is -0.227. The molecule has 0 aliphatic heterocycles. The van der Waals surface area contributed by atoms with Crippen molar-refractivity contribution in [1.82, 2.24) is 10.2 Å². The summed E-state index contributed by atoms with van der Waals surface area (Å²) in [6.45, 7) is 21.3. The number of nitrogens with zero attached hydrogens (tertiary/aromatic N) is 1. The number of hydrogen-bond acceptors (Lipinski definition) is 9. The Morgan fingerprint density at radius 1 is 0.661 bits per heavy atom. The second-order valence-electron chi connectivity index (χ2n) is 19.5. The first-order valence-corrected chi connectivity index (χ1v) is 24.4. The molecular formula is C47H94N6O3. The Bertz CT molecular complexity index is 1010. The second-order valence-corrected chi connectivity index (χ2v) is 19.5. The molecule has 4 aliphatic carbocycles. The van der Waals surface area contributed by atoms with E-state index in [1.165, 1.54) is 116 Å². The third-order valence-corrected chi connectivity index (χ3v) is 15.8. The lowest BCUT2D eigenvalue weighted by Gasteiger charge is -2.65. The van der Waals surface area contributed by atoms with Crippen LogP contribution in [0.3, 0.4) is 0 Å². The van der Waals surface area contributed by atoms with Crippen LogP contribution in [0.5, 0.6) is 0 Å². The molecule has 4 rings (SSSR count). The largest absolute Gasteiger partial charge is 0.378 e. The van der Waals surface area contributed by atoms with Crippen molar-refractivity contribution in [3.05, 3.63) is 0 Å². The van der Waals surface area contributed by atoms with Crippen molar-refractivity contribution in [2.45, 2.75) is 174 Å². The smallest absolute Gasteiger partial charge is 0.0637 e. The predicted molar refractivity (Wildman–Crippen MR) is 236 cm³/mol. The van der Waals surface area contributed by atoms with E-state index in [2.05, 4.69) is 37.9 Å². The summed E-state index contributed by atoms with van der Waals surface area (Å²) in [4.78, 5) is 2.79. The van der Waals surface area contributed by atoms with Crippen LogP contribution in [-0.4, -0.2) is 102 Å². The van der Waals surface area contributed by atoms with Crippen LogP contribution in [0.15, 0.2) is 0 Å². The highest BCUT2D eigenvalue weighted by molar-refractivity contribution is 5.15. The Labute approximate surface area is 346 Å². The van der Waals surface area contributed by atoms with Gasteiger partial charge in [0.1, 0.15) is 0 Å². The molecule has 330 valence electrons. The van der Waals surface area contributed by atoms with Gasteiger partial charge in [-0.15, -0.1) is 0 Å². The molecule has 9 heteroatoms. The van der Waals surface area contributed by atoms with Crippen molar-refractivity contribution in [2.24, 2.45) is 69.3 Å². The van der Waals surface area contributed by atoms with Gasteiger partial charge in [-0.2, -0.15) is 0 Å². The van der Waals surface area contributed by atoms with Crippen molar-refractivity contribution < 1.29 is 14.2 Å². The van der Waals surface area contributed by atoms with Gasteiger partial charge in [-0.3, -0.25) is 0 Å². The molecule has 0 aromatic heterocycles. The molecule has 56 heavy (non-hydrogen) atoms. The minimum atomic E-state index is 0.157. The number of ether oxygens (including phenoxy) is 3. The number of nitrogens with two attached hydrogens (primary N) is 4. The van der Waals surface area contributed by atoms with Crippen molar-refractivity contribution in [3.8, 4) is 0 Å². The molecule has 0 heterocycles. The van der Waals surface area contributed by atoms with Crippen molar-refractivity contribution in [2.75, 3.05) is 78.7 Å². The van der Waals surface area contributed by atoms with E-state index in [0.717, 1.165) is 71.6 Å². The van der Waals surface area contributed by atoms with E-state index >= 15 is 0 Å². The van der Waals surface area contributed by atoms with E-state index in [-0.39, 0.29) is 11.5 Å². The van der Waals surface area contributed by atoms with Crippen LogP contribution in [0, 0.1) is 46.3 Å². The van der Waals surface area contributed by atoms with Gasteiger partial charge in [0.25, 0.3) is 0 Å². The summed E-state index contributed by atoms with van der Waals surface area (Å²) in [5, 5.41) is 3.61. The Morgan fingerprint density at radius 3 is 2.04 bits per heavy atom. The third kappa shape index (κ3) is 13.3. The highest BCUT2D eigenvalue weighted by Crippen LogP contribution is 2.69. The number of fused-ring (bicyclic) bond motifs is 5. The summed E-state index contributed by atoms with van der Waals surface area (Å²) in [5.41, 5.74) is 24.1. The van der Waals surface area contributed by atoms with Crippen molar-refractivity contribution >= 4 is 0 Å². The molecule has 0 bridgehead atoms. The van der Waals surface area contributed by atoms with Gasteiger partial charge in [0.2, 0.25) is 0 Å². The molecule has 0 aromatic rings. The summed E-state index contributed by atoms with van der Waals surface area (Å²) in [6.07, 6.45) is 25.4. The zero-order valence-corrected chi connectivity index (χ0v) is 37.3. The third-order valence-electron chi connectivity index (χ3n) is 15.8. The minimum Gasteiger partial charge on any atom is -0.378 e.